The molecule has 0 amide bonds. The first kappa shape index (κ1) is 17.2. The van der Waals surface area contributed by atoms with Gasteiger partial charge in [0.1, 0.15) is 13.7 Å². The van der Waals surface area contributed by atoms with Gasteiger partial charge in [-0.2, -0.15) is 0 Å². The van der Waals surface area contributed by atoms with Gasteiger partial charge >= 0.3 is 5.97 Å². The fraction of sp³-hybridized carbons (Fsp3) is 0.688. The van der Waals surface area contributed by atoms with Crippen molar-refractivity contribution in [2.75, 3.05) is 6.61 Å². The van der Waals surface area contributed by atoms with Crippen molar-refractivity contribution in [1.29, 1.82) is 0 Å². The Hall–Kier alpha value is -0.820. The molecule has 20 heavy (non-hydrogen) atoms. The lowest BCUT2D eigenvalue weighted by molar-refractivity contribution is -0.139. The summed E-state index contributed by atoms with van der Waals surface area (Å²) in [5.74, 6) is -0.307. The second-order valence-corrected chi connectivity index (χ2v) is 11.8. The van der Waals surface area contributed by atoms with Crippen molar-refractivity contribution in [3.8, 4) is 0 Å². The molecule has 1 aliphatic carbocycles. The van der Waals surface area contributed by atoms with E-state index < -0.39 is 7.14 Å². The van der Waals surface area contributed by atoms with E-state index in [1.807, 2.05) is 53.7 Å². The van der Waals surface area contributed by atoms with Gasteiger partial charge in [0, 0.05) is 22.6 Å². The summed E-state index contributed by atoms with van der Waals surface area (Å²) in [4.78, 5) is 11.0. The van der Waals surface area contributed by atoms with E-state index in [1.54, 1.807) is 0 Å². The zero-order valence-corrected chi connectivity index (χ0v) is 14.6. The van der Waals surface area contributed by atoms with Crippen LogP contribution in [0.25, 0.3) is 0 Å². The monoisotopic (exact) mass is 298 g/mol. The van der Waals surface area contributed by atoms with Crippen LogP contribution >= 0.6 is 7.14 Å². The van der Waals surface area contributed by atoms with Crippen molar-refractivity contribution in [3.63, 3.8) is 0 Å². The first-order valence-electron chi connectivity index (χ1n) is 7.04. The summed E-state index contributed by atoms with van der Waals surface area (Å²) in [5.41, 5.74) is 0.911. The zero-order valence-electron chi connectivity index (χ0n) is 13.7. The molecular formula is C16H27O3P. The molecule has 114 valence electrons. The third kappa shape index (κ3) is 3.09. The molecule has 0 unspecified atom stereocenters. The molecule has 1 rings (SSSR count). The van der Waals surface area contributed by atoms with Crippen LogP contribution < -0.4 is 0 Å². The predicted molar refractivity (Wildman–Crippen MR) is 84.5 cm³/mol. The number of allylic oxidation sites excluding steroid dienone is 2. The lowest BCUT2D eigenvalue weighted by Crippen LogP contribution is -2.30. The van der Waals surface area contributed by atoms with Crippen LogP contribution in [-0.4, -0.2) is 22.9 Å². The van der Waals surface area contributed by atoms with Crippen molar-refractivity contribution in [1.82, 2.24) is 0 Å². The maximum Gasteiger partial charge on any atom is 0.302 e. The van der Waals surface area contributed by atoms with Crippen LogP contribution in [0.2, 0.25) is 0 Å². The van der Waals surface area contributed by atoms with E-state index in [0.717, 1.165) is 10.9 Å². The largest absolute Gasteiger partial charge is 0.461 e. The number of esters is 1. The lowest BCUT2D eigenvalue weighted by Gasteiger charge is -2.42. The molecule has 1 aliphatic rings. The number of rotatable bonds is 3. The Morgan fingerprint density at radius 1 is 1.20 bits per heavy atom. The molecule has 3 nitrogen and oxygen atoms in total. The Bertz CT molecular complexity index is 481. The second-order valence-electron chi connectivity index (χ2n) is 7.31. The van der Waals surface area contributed by atoms with Crippen LogP contribution in [0.3, 0.4) is 0 Å². The van der Waals surface area contributed by atoms with Gasteiger partial charge in [-0.1, -0.05) is 53.7 Å². The van der Waals surface area contributed by atoms with Gasteiger partial charge in [-0.3, -0.25) is 4.79 Å². The van der Waals surface area contributed by atoms with E-state index in [-0.39, 0.29) is 22.9 Å². The lowest BCUT2D eigenvalue weighted by atomic mass is 10.2. The third-order valence-electron chi connectivity index (χ3n) is 3.70. The van der Waals surface area contributed by atoms with Crippen LogP contribution in [0.4, 0.5) is 0 Å². The number of hydrogen-bond acceptors (Lipinski definition) is 3. The highest BCUT2D eigenvalue weighted by Gasteiger charge is 2.49. The molecule has 0 bridgehead atoms. The maximum absolute atomic E-state index is 13.9. The summed E-state index contributed by atoms with van der Waals surface area (Å²) >= 11 is 0. The Balaban J connectivity index is 3.32. The molecule has 4 heteroatoms. The number of hydrogen-bond donors (Lipinski definition) is 0. The molecule has 0 N–H and O–H groups in total. The van der Waals surface area contributed by atoms with E-state index in [0.29, 0.717) is 6.42 Å². The molecule has 0 fully saturated rings. The fourth-order valence-corrected chi connectivity index (χ4v) is 7.54. The highest BCUT2D eigenvalue weighted by atomic mass is 31.2. The van der Waals surface area contributed by atoms with E-state index in [1.165, 1.54) is 6.92 Å². The minimum absolute atomic E-state index is 0.220. The molecule has 0 aromatic heterocycles. The van der Waals surface area contributed by atoms with E-state index >= 15 is 0 Å². The highest BCUT2D eigenvalue weighted by Crippen LogP contribution is 2.74. The Morgan fingerprint density at radius 3 is 2.10 bits per heavy atom. The van der Waals surface area contributed by atoms with Gasteiger partial charge < -0.3 is 9.30 Å². The molecule has 0 radical (unpaired) electrons. The minimum Gasteiger partial charge on any atom is -0.461 e. The maximum atomic E-state index is 13.9. The van der Waals surface area contributed by atoms with Crippen molar-refractivity contribution in [2.45, 2.75) is 65.2 Å². The smallest absolute Gasteiger partial charge is 0.302 e. The average molecular weight is 298 g/mol. The van der Waals surface area contributed by atoms with Gasteiger partial charge in [-0.15, -0.1) is 0 Å². The van der Waals surface area contributed by atoms with Gasteiger partial charge in [0.15, 0.2) is 0 Å². The molecule has 0 aliphatic heterocycles. The molecule has 0 atom stereocenters. The number of carbonyl (C=O) groups is 1. The SMILES string of the molecule is CC(=O)OCC1=C(P(=O)(C(C)(C)C)C(C)(C)C)CC=C1. The van der Waals surface area contributed by atoms with E-state index in [2.05, 4.69) is 0 Å². The van der Waals surface area contributed by atoms with Crippen LogP contribution in [0, 0.1) is 0 Å². The predicted octanol–water partition coefficient (Wildman–Crippen LogP) is 4.72. The highest BCUT2D eigenvalue weighted by molar-refractivity contribution is 7.71. The zero-order chi connectivity index (χ0) is 15.8. The Kier molecular flexibility index (Phi) is 4.76. The molecular weight excluding hydrogens is 271 g/mol. The normalized spacial score (nSPS) is 16.8. The quantitative estimate of drug-likeness (QED) is 0.559. The van der Waals surface area contributed by atoms with Crippen LogP contribution in [0.1, 0.15) is 54.9 Å². The van der Waals surface area contributed by atoms with Gasteiger partial charge in [0.2, 0.25) is 0 Å². The summed E-state index contributed by atoms with van der Waals surface area (Å²) in [5, 5.41) is 0.348. The van der Waals surface area contributed by atoms with Gasteiger partial charge in [0.25, 0.3) is 0 Å². The summed E-state index contributed by atoms with van der Waals surface area (Å²) in [6.45, 7) is 13.8. The van der Waals surface area contributed by atoms with Crippen molar-refractivity contribution < 1.29 is 14.1 Å². The molecule has 0 spiro atoms. The Labute approximate surface area is 122 Å². The van der Waals surface area contributed by atoms with Gasteiger partial charge in [0.05, 0.1) is 0 Å². The van der Waals surface area contributed by atoms with Crippen molar-refractivity contribution in [3.05, 3.63) is 23.0 Å². The minimum atomic E-state index is -2.62. The molecule has 0 aromatic carbocycles. The molecule has 0 saturated heterocycles. The fourth-order valence-electron chi connectivity index (χ4n) is 3.00. The molecule has 0 heterocycles. The topological polar surface area (TPSA) is 43.4 Å². The van der Waals surface area contributed by atoms with Crippen LogP contribution in [0.5, 0.6) is 0 Å². The van der Waals surface area contributed by atoms with E-state index in [4.69, 9.17) is 4.74 Å². The van der Waals surface area contributed by atoms with Crippen molar-refractivity contribution in [2.24, 2.45) is 0 Å². The second kappa shape index (κ2) is 5.52. The van der Waals surface area contributed by atoms with Crippen molar-refractivity contribution >= 4 is 13.1 Å². The summed E-state index contributed by atoms with van der Waals surface area (Å²) in [6, 6.07) is 0. The van der Waals surface area contributed by atoms with Gasteiger partial charge in [-0.05, 0) is 12.0 Å². The third-order valence-corrected chi connectivity index (χ3v) is 8.71. The van der Waals surface area contributed by atoms with Gasteiger partial charge in [-0.25, -0.2) is 0 Å². The number of carbonyl (C=O) groups excluding carboxylic acids is 1. The van der Waals surface area contributed by atoms with Crippen LogP contribution in [-0.2, 0) is 14.1 Å². The average Bonchev–Trinajstić information content (AvgIpc) is 2.70. The van der Waals surface area contributed by atoms with Crippen LogP contribution in [0.15, 0.2) is 23.0 Å². The summed E-state index contributed by atoms with van der Waals surface area (Å²) < 4.78 is 19.0. The molecule has 0 saturated carbocycles. The standard InChI is InChI=1S/C16H27O3P/c1-12(17)19-11-13-9-8-10-14(13)20(18,15(2,3)4)16(5,6)7/h8-9H,10-11H2,1-7H3. The van der Waals surface area contributed by atoms with E-state index in [9.17, 15) is 9.36 Å². The summed E-state index contributed by atoms with van der Waals surface area (Å²) in [6.07, 6.45) is 4.66. The molecule has 0 aromatic rings. The summed E-state index contributed by atoms with van der Waals surface area (Å²) in [7, 11) is -2.62. The first-order chi connectivity index (χ1) is 8.91. The Morgan fingerprint density at radius 2 is 1.70 bits per heavy atom. The first-order valence-corrected chi connectivity index (χ1v) is 8.74. The number of ether oxygens (including phenoxy) is 1.